The molecule has 0 amide bonds. The standard InChI is InChI=1S/C19H15ClN4OS/c1-12-17-16(11-26-15-8-3-2-4-9-15)21-22-19(25)18(17)23-24(12)14-7-5-6-13(20)10-14/h2-10H,11H2,1H3,(H,22,25). The van der Waals surface area contributed by atoms with Crippen LogP contribution in [-0.2, 0) is 5.75 Å². The minimum Gasteiger partial charge on any atom is -0.265 e. The predicted molar refractivity (Wildman–Crippen MR) is 105 cm³/mol. The Bertz CT molecular complexity index is 1140. The van der Waals surface area contributed by atoms with Gasteiger partial charge in [-0.05, 0) is 37.3 Å². The second-order valence-electron chi connectivity index (χ2n) is 5.80. The second-order valence-corrected chi connectivity index (χ2v) is 7.29. The molecular weight excluding hydrogens is 368 g/mol. The first-order valence-corrected chi connectivity index (χ1v) is 9.40. The van der Waals surface area contributed by atoms with E-state index in [2.05, 4.69) is 27.4 Å². The van der Waals surface area contributed by atoms with E-state index >= 15 is 0 Å². The number of H-pyrrole nitrogens is 1. The highest BCUT2D eigenvalue weighted by molar-refractivity contribution is 7.98. The van der Waals surface area contributed by atoms with Crippen molar-refractivity contribution in [2.24, 2.45) is 0 Å². The third-order valence-corrected chi connectivity index (χ3v) is 5.34. The quantitative estimate of drug-likeness (QED) is 0.532. The molecule has 0 atom stereocenters. The zero-order valence-electron chi connectivity index (χ0n) is 13.9. The third kappa shape index (κ3) is 3.13. The van der Waals surface area contributed by atoms with Gasteiger partial charge in [-0.25, -0.2) is 9.78 Å². The van der Waals surface area contributed by atoms with Gasteiger partial charge in [-0.15, -0.1) is 11.8 Å². The van der Waals surface area contributed by atoms with Crippen molar-refractivity contribution in [3.8, 4) is 5.69 Å². The normalized spacial score (nSPS) is 11.2. The predicted octanol–water partition coefficient (Wildman–Crippen LogP) is 4.36. The third-order valence-electron chi connectivity index (χ3n) is 4.08. The van der Waals surface area contributed by atoms with Crippen LogP contribution in [-0.4, -0.2) is 20.0 Å². The van der Waals surface area contributed by atoms with Gasteiger partial charge in [0.1, 0.15) is 0 Å². The maximum atomic E-state index is 12.2. The maximum absolute atomic E-state index is 12.2. The van der Waals surface area contributed by atoms with Crippen LogP contribution in [0.3, 0.4) is 0 Å². The lowest BCUT2D eigenvalue weighted by molar-refractivity contribution is 0.858. The SMILES string of the molecule is Cc1c2c(CSc3ccccc3)n[nH]c(=O)c2nn1-c1cccc(Cl)c1. The van der Waals surface area contributed by atoms with Crippen molar-refractivity contribution in [3.63, 3.8) is 0 Å². The van der Waals surface area contributed by atoms with E-state index in [1.54, 1.807) is 22.5 Å². The number of aromatic amines is 1. The van der Waals surface area contributed by atoms with Crippen LogP contribution in [0, 0.1) is 6.92 Å². The molecular formula is C19H15ClN4OS. The molecule has 130 valence electrons. The molecule has 4 rings (SSSR count). The van der Waals surface area contributed by atoms with Crippen molar-refractivity contribution in [1.82, 2.24) is 20.0 Å². The smallest absolute Gasteiger partial charge is 0.265 e. The van der Waals surface area contributed by atoms with Crippen LogP contribution in [0.25, 0.3) is 16.6 Å². The summed E-state index contributed by atoms with van der Waals surface area (Å²) in [7, 11) is 0. The summed E-state index contributed by atoms with van der Waals surface area (Å²) in [5.74, 6) is 0.638. The number of halogens is 1. The van der Waals surface area contributed by atoms with Gasteiger partial charge < -0.3 is 0 Å². The van der Waals surface area contributed by atoms with Gasteiger partial charge in [0, 0.05) is 15.7 Å². The number of aryl methyl sites for hydroxylation is 1. The molecule has 0 aliphatic heterocycles. The lowest BCUT2D eigenvalue weighted by Gasteiger charge is -2.05. The van der Waals surface area contributed by atoms with Crippen LogP contribution in [0.15, 0.2) is 64.3 Å². The molecule has 0 aliphatic carbocycles. The highest BCUT2D eigenvalue weighted by atomic mass is 35.5. The molecule has 1 N–H and O–H groups in total. The van der Waals surface area contributed by atoms with Crippen LogP contribution in [0.1, 0.15) is 11.4 Å². The molecule has 4 aromatic rings. The average molecular weight is 383 g/mol. The fourth-order valence-electron chi connectivity index (χ4n) is 2.87. The molecule has 0 bridgehead atoms. The van der Waals surface area contributed by atoms with E-state index in [0.717, 1.165) is 27.4 Å². The van der Waals surface area contributed by atoms with Crippen LogP contribution < -0.4 is 5.56 Å². The number of fused-ring (bicyclic) bond motifs is 1. The van der Waals surface area contributed by atoms with Crippen molar-refractivity contribution >= 4 is 34.3 Å². The minimum atomic E-state index is -0.294. The summed E-state index contributed by atoms with van der Waals surface area (Å²) < 4.78 is 1.74. The molecule has 0 unspecified atom stereocenters. The van der Waals surface area contributed by atoms with Gasteiger partial charge in [-0.2, -0.15) is 10.2 Å². The molecule has 0 spiro atoms. The Morgan fingerprint density at radius 3 is 2.73 bits per heavy atom. The topological polar surface area (TPSA) is 63.6 Å². The van der Waals surface area contributed by atoms with Gasteiger partial charge in [-0.1, -0.05) is 35.9 Å². The number of rotatable bonds is 4. The Kier molecular flexibility index (Phi) is 4.53. The molecule has 5 nitrogen and oxygen atoms in total. The highest BCUT2D eigenvalue weighted by Gasteiger charge is 2.17. The van der Waals surface area contributed by atoms with Crippen molar-refractivity contribution in [2.75, 3.05) is 0 Å². The summed E-state index contributed by atoms with van der Waals surface area (Å²) in [6.45, 7) is 1.94. The van der Waals surface area contributed by atoms with Gasteiger partial charge in [0.15, 0.2) is 5.52 Å². The van der Waals surface area contributed by atoms with Crippen LogP contribution >= 0.6 is 23.4 Å². The minimum absolute atomic E-state index is 0.294. The van der Waals surface area contributed by atoms with Crippen molar-refractivity contribution in [1.29, 1.82) is 0 Å². The Balaban J connectivity index is 1.80. The van der Waals surface area contributed by atoms with Crippen molar-refractivity contribution in [3.05, 3.63) is 81.4 Å². The van der Waals surface area contributed by atoms with Gasteiger partial charge in [0.05, 0.1) is 22.5 Å². The van der Waals surface area contributed by atoms with E-state index in [4.69, 9.17) is 11.6 Å². The summed E-state index contributed by atoms with van der Waals surface area (Å²) >= 11 is 7.77. The lowest BCUT2D eigenvalue weighted by atomic mass is 10.2. The number of thioether (sulfide) groups is 1. The van der Waals surface area contributed by atoms with E-state index < -0.39 is 0 Å². The number of aromatic nitrogens is 4. The molecule has 0 fully saturated rings. The lowest BCUT2D eigenvalue weighted by Crippen LogP contribution is -2.10. The number of hydrogen-bond acceptors (Lipinski definition) is 4. The molecule has 0 saturated heterocycles. The number of benzene rings is 2. The summed E-state index contributed by atoms with van der Waals surface area (Å²) in [5.41, 5.74) is 2.58. The number of hydrogen-bond donors (Lipinski definition) is 1. The molecule has 2 aromatic carbocycles. The second kappa shape index (κ2) is 6.97. The van der Waals surface area contributed by atoms with E-state index in [1.165, 1.54) is 0 Å². The van der Waals surface area contributed by atoms with E-state index in [-0.39, 0.29) is 5.56 Å². The number of nitrogens with zero attached hydrogens (tertiary/aromatic N) is 3. The van der Waals surface area contributed by atoms with Crippen LogP contribution in [0.4, 0.5) is 0 Å². The Morgan fingerprint density at radius 2 is 1.96 bits per heavy atom. The monoisotopic (exact) mass is 382 g/mol. The molecule has 2 aromatic heterocycles. The van der Waals surface area contributed by atoms with Crippen molar-refractivity contribution < 1.29 is 0 Å². The van der Waals surface area contributed by atoms with Gasteiger partial charge in [0.2, 0.25) is 0 Å². The summed E-state index contributed by atoms with van der Waals surface area (Å²) in [5, 5.41) is 12.7. The first kappa shape index (κ1) is 16.9. The Morgan fingerprint density at radius 1 is 1.15 bits per heavy atom. The van der Waals surface area contributed by atoms with E-state index in [9.17, 15) is 4.79 Å². The van der Waals surface area contributed by atoms with Crippen LogP contribution in [0.5, 0.6) is 0 Å². The summed E-state index contributed by atoms with van der Waals surface area (Å²) in [4.78, 5) is 13.4. The highest BCUT2D eigenvalue weighted by Crippen LogP contribution is 2.27. The van der Waals surface area contributed by atoms with E-state index in [0.29, 0.717) is 16.3 Å². The maximum Gasteiger partial charge on any atom is 0.292 e. The Hall–Kier alpha value is -2.57. The van der Waals surface area contributed by atoms with E-state index in [1.807, 2.05) is 43.3 Å². The summed E-state index contributed by atoms with van der Waals surface area (Å²) in [6, 6.07) is 17.5. The molecule has 7 heteroatoms. The molecule has 26 heavy (non-hydrogen) atoms. The first-order valence-electron chi connectivity index (χ1n) is 8.04. The average Bonchev–Trinajstić information content (AvgIpc) is 3.01. The van der Waals surface area contributed by atoms with Gasteiger partial charge in [0.25, 0.3) is 5.56 Å². The zero-order chi connectivity index (χ0) is 18.1. The molecule has 0 aliphatic rings. The first-order chi connectivity index (χ1) is 12.6. The van der Waals surface area contributed by atoms with Crippen LogP contribution in [0.2, 0.25) is 5.02 Å². The summed E-state index contributed by atoms with van der Waals surface area (Å²) in [6.07, 6.45) is 0. The Labute approximate surface area is 159 Å². The fraction of sp³-hybridized carbons (Fsp3) is 0.105. The largest absolute Gasteiger partial charge is 0.292 e. The van der Waals surface area contributed by atoms with Gasteiger partial charge >= 0.3 is 0 Å². The fourth-order valence-corrected chi connectivity index (χ4v) is 3.91. The zero-order valence-corrected chi connectivity index (χ0v) is 15.5. The molecule has 2 heterocycles. The van der Waals surface area contributed by atoms with Gasteiger partial charge in [-0.3, -0.25) is 4.79 Å². The molecule has 0 radical (unpaired) electrons. The van der Waals surface area contributed by atoms with Crippen molar-refractivity contribution in [2.45, 2.75) is 17.6 Å². The number of nitrogens with one attached hydrogen (secondary N) is 1. The molecule has 0 saturated carbocycles.